The van der Waals surface area contributed by atoms with E-state index in [0.29, 0.717) is 17.8 Å². The number of hydrogen-bond acceptors (Lipinski definition) is 4. The summed E-state index contributed by atoms with van der Waals surface area (Å²) in [5.41, 5.74) is 2.32. The number of anilines is 2. The topological polar surface area (TPSA) is 84.0 Å². The molecule has 0 aliphatic carbocycles. The second-order valence-corrected chi connectivity index (χ2v) is 4.48. The van der Waals surface area contributed by atoms with E-state index in [2.05, 4.69) is 20.6 Å². The van der Waals surface area contributed by atoms with Crippen molar-refractivity contribution in [2.75, 3.05) is 10.6 Å². The third-order valence-corrected chi connectivity index (χ3v) is 2.76. The van der Waals surface area contributed by atoms with Crippen LogP contribution in [0.1, 0.15) is 29.5 Å². The molecule has 0 aliphatic heterocycles. The Balaban J connectivity index is 2.01. The van der Waals surface area contributed by atoms with Gasteiger partial charge in [0, 0.05) is 24.0 Å². The van der Waals surface area contributed by atoms with Crippen LogP contribution < -0.4 is 10.6 Å². The summed E-state index contributed by atoms with van der Waals surface area (Å²) in [6, 6.07) is 6.88. The Morgan fingerprint density at radius 3 is 2.14 bits per heavy atom. The van der Waals surface area contributed by atoms with Crippen LogP contribution in [0, 0.1) is 6.92 Å². The molecule has 0 unspecified atom stereocenters. The molecule has 6 heteroatoms. The minimum absolute atomic E-state index is 0.0540. The molecule has 0 atom stereocenters. The van der Waals surface area contributed by atoms with Crippen molar-refractivity contribution in [1.82, 2.24) is 9.97 Å². The highest BCUT2D eigenvalue weighted by Gasteiger charge is 2.08. The van der Waals surface area contributed by atoms with Crippen molar-refractivity contribution in [3.8, 4) is 0 Å². The Kier molecular flexibility index (Phi) is 4.61. The second-order valence-electron chi connectivity index (χ2n) is 4.48. The van der Waals surface area contributed by atoms with Crippen LogP contribution in [0.2, 0.25) is 0 Å². The van der Waals surface area contributed by atoms with Crippen LogP contribution in [0.5, 0.6) is 0 Å². The average molecular weight is 284 g/mol. The third-order valence-electron chi connectivity index (χ3n) is 2.76. The van der Waals surface area contributed by atoms with Gasteiger partial charge in [-0.3, -0.25) is 14.6 Å². The molecule has 2 N–H and O–H groups in total. The molecule has 0 saturated heterocycles. The Morgan fingerprint density at radius 2 is 1.62 bits per heavy atom. The lowest BCUT2D eigenvalue weighted by atomic mass is 10.2. The number of carbonyl (C=O) groups excluding carboxylic acids is 2. The summed E-state index contributed by atoms with van der Waals surface area (Å²) in [5, 5.41) is 5.45. The molecule has 21 heavy (non-hydrogen) atoms. The summed E-state index contributed by atoms with van der Waals surface area (Å²) in [4.78, 5) is 31.2. The van der Waals surface area contributed by atoms with Crippen molar-refractivity contribution in [3.63, 3.8) is 0 Å². The van der Waals surface area contributed by atoms with Crippen LogP contribution in [0.15, 0.2) is 36.7 Å². The number of hydrogen-bond donors (Lipinski definition) is 2. The molecule has 0 aliphatic rings. The van der Waals surface area contributed by atoms with E-state index in [9.17, 15) is 9.59 Å². The summed E-state index contributed by atoms with van der Waals surface area (Å²) in [6.45, 7) is 3.59. The van der Waals surface area contributed by atoms with E-state index in [1.54, 1.807) is 38.1 Å². The Labute approximate surface area is 122 Å². The average Bonchev–Trinajstić information content (AvgIpc) is 2.49. The molecule has 2 rings (SSSR count). The summed E-state index contributed by atoms with van der Waals surface area (Å²) in [5.74, 6) is -0.380. The molecule has 108 valence electrons. The molecule has 1 aromatic carbocycles. The normalized spacial score (nSPS) is 10.0. The molecule has 2 aromatic rings. The van der Waals surface area contributed by atoms with Crippen molar-refractivity contribution < 1.29 is 9.59 Å². The lowest BCUT2D eigenvalue weighted by Crippen LogP contribution is -2.14. The van der Waals surface area contributed by atoms with E-state index in [1.165, 1.54) is 12.4 Å². The SMILES string of the molecule is CCC(=O)Nc1ccc(NC(=O)c2cnc(C)cn2)cc1. The Hall–Kier alpha value is -2.76. The highest BCUT2D eigenvalue weighted by atomic mass is 16.2. The van der Waals surface area contributed by atoms with Gasteiger partial charge in [0.15, 0.2) is 0 Å². The molecule has 0 fully saturated rings. The third kappa shape index (κ3) is 4.10. The lowest BCUT2D eigenvalue weighted by molar-refractivity contribution is -0.115. The van der Waals surface area contributed by atoms with Gasteiger partial charge in [-0.25, -0.2) is 4.98 Å². The number of amides is 2. The van der Waals surface area contributed by atoms with Gasteiger partial charge in [-0.05, 0) is 31.2 Å². The number of rotatable bonds is 4. The monoisotopic (exact) mass is 284 g/mol. The van der Waals surface area contributed by atoms with Gasteiger partial charge >= 0.3 is 0 Å². The first-order valence-corrected chi connectivity index (χ1v) is 6.58. The van der Waals surface area contributed by atoms with Gasteiger partial charge in [-0.15, -0.1) is 0 Å². The zero-order chi connectivity index (χ0) is 15.2. The molecule has 2 amide bonds. The fourth-order valence-electron chi connectivity index (χ4n) is 1.59. The maximum atomic E-state index is 12.0. The van der Waals surface area contributed by atoms with Crippen molar-refractivity contribution in [3.05, 3.63) is 48.0 Å². The minimum Gasteiger partial charge on any atom is -0.326 e. The summed E-state index contributed by atoms with van der Waals surface area (Å²) in [7, 11) is 0. The molecule has 1 aromatic heterocycles. The van der Waals surface area contributed by atoms with Crippen LogP contribution in [0.25, 0.3) is 0 Å². The predicted octanol–water partition coefficient (Wildman–Crippen LogP) is 2.39. The van der Waals surface area contributed by atoms with E-state index in [4.69, 9.17) is 0 Å². The van der Waals surface area contributed by atoms with Crippen molar-refractivity contribution >= 4 is 23.2 Å². The highest BCUT2D eigenvalue weighted by molar-refractivity contribution is 6.02. The van der Waals surface area contributed by atoms with Gasteiger partial charge in [-0.2, -0.15) is 0 Å². The molecule has 0 saturated carbocycles. The van der Waals surface area contributed by atoms with Crippen molar-refractivity contribution in [2.24, 2.45) is 0 Å². The first-order valence-electron chi connectivity index (χ1n) is 6.58. The number of benzene rings is 1. The van der Waals surface area contributed by atoms with E-state index >= 15 is 0 Å². The van der Waals surface area contributed by atoms with E-state index in [-0.39, 0.29) is 17.5 Å². The van der Waals surface area contributed by atoms with Crippen LogP contribution in [0.3, 0.4) is 0 Å². The zero-order valence-electron chi connectivity index (χ0n) is 11.9. The molecule has 0 bridgehead atoms. The van der Waals surface area contributed by atoms with Crippen molar-refractivity contribution in [1.29, 1.82) is 0 Å². The molecule has 1 heterocycles. The van der Waals surface area contributed by atoms with Gasteiger partial charge in [-0.1, -0.05) is 6.92 Å². The van der Waals surface area contributed by atoms with E-state index in [1.807, 2.05) is 0 Å². The standard InChI is InChI=1S/C15H16N4O2/c1-3-14(20)18-11-4-6-12(7-5-11)19-15(21)13-9-16-10(2)8-17-13/h4-9H,3H2,1-2H3,(H,18,20)(H,19,21). The van der Waals surface area contributed by atoms with Crippen LogP contribution >= 0.6 is 0 Å². The molecule has 0 spiro atoms. The van der Waals surface area contributed by atoms with Crippen LogP contribution in [-0.4, -0.2) is 21.8 Å². The van der Waals surface area contributed by atoms with Crippen LogP contribution in [-0.2, 0) is 4.79 Å². The molecule has 6 nitrogen and oxygen atoms in total. The first-order chi connectivity index (χ1) is 10.1. The van der Waals surface area contributed by atoms with Gasteiger partial charge in [0.05, 0.1) is 11.9 Å². The predicted molar refractivity (Wildman–Crippen MR) is 80.1 cm³/mol. The number of carbonyl (C=O) groups is 2. The summed E-state index contributed by atoms with van der Waals surface area (Å²) in [6.07, 6.45) is 3.39. The lowest BCUT2D eigenvalue weighted by Gasteiger charge is -2.07. The van der Waals surface area contributed by atoms with Crippen LogP contribution in [0.4, 0.5) is 11.4 Å². The largest absolute Gasteiger partial charge is 0.326 e. The second kappa shape index (κ2) is 6.60. The number of nitrogens with zero attached hydrogens (tertiary/aromatic N) is 2. The number of aromatic nitrogens is 2. The first kappa shape index (κ1) is 14.6. The summed E-state index contributed by atoms with van der Waals surface area (Å²) < 4.78 is 0. The molecule has 0 radical (unpaired) electrons. The van der Waals surface area contributed by atoms with E-state index < -0.39 is 0 Å². The highest BCUT2D eigenvalue weighted by Crippen LogP contribution is 2.14. The Bertz CT molecular complexity index is 636. The maximum absolute atomic E-state index is 12.0. The molecular formula is C15H16N4O2. The Morgan fingerprint density at radius 1 is 1.00 bits per heavy atom. The smallest absolute Gasteiger partial charge is 0.275 e. The number of aryl methyl sites for hydroxylation is 1. The van der Waals surface area contributed by atoms with Crippen molar-refractivity contribution in [2.45, 2.75) is 20.3 Å². The summed E-state index contributed by atoms with van der Waals surface area (Å²) >= 11 is 0. The van der Waals surface area contributed by atoms with E-state index in [0.717, 1.165) is 5.69 Å². The quantitative estimate of drug-likeness (QED) is 0.902. The fraction of sp³-hybridized carbons (Fsp3) is 0.200. The number of nitrogens with one attached hydrogen (secondary N) is 2. The van der Waals surface area contributed by atoms with Gasteiger partial charge in [0.1, 0.15) is 5.69 Å². The van der Waals surface area contributed by atoms with Gasteiger partial charge in [0.2, 0.25) is 5.91 Å². The van der Waals surface area contributed by atoms with Gasteiger partial charge in [0.25, 0.3) is 5.91 Å². The van der Waals surface area contributed by atoms with Gasteiger partial charge < -0.3 is 10.6 Å². The minimum atomic E-state index is -0.326. The maximum Gasteiger partial charge on any atom is 0.275 e. The fourth-order valence-corrected chi connectivity index (χ4v) is 1.59. The zero-order valence-corrected chi connectivity index (χ0v) is 11.9. The molecular weight excluding hydrogens is 268 g/mol.